The van der Waals surface area contributed by atoms with Gasteiger partial charge in [0.05, 0.1) is 14.7 Å². The number of primary amides is 1. The molecule has 0 spiro atoms. The van der Waals surface area contributed by atoms with Crippen LogP contribution in [0.25, 0.3) is 0 Å². The minimum atomic E-state index is -4.07. The van der Waals surface area contributed by atoms with Gasteiger partial charge in [-0.15, -0.1) is 0 Å². The van der Waals surface area contributed by atoms with Crippen LogP contribution in [-0.2, 0) is 40.3 Å². The van der Waals surface area contributed by atoms with E-state index in [0.29, 0.717) is 16.7 Å². The first-order valence-electron chi connectivity index (χ1n) is 10.5. The zero-order valence-electron chi connectivity index (χ0n) is 20.1. The van der Waals surface area contributed by atoms with Gasteiger partial charge in [-0.1, -0.05) is 18.2 Å². The molecule has 198 valence electrons. The maximum Gasteiger partial charge on any atom is 0.238 e. The van der Waals surface area contributed by atoms with Crippen molar-refractivity contribution < 1.29 is 30.0 Å². The molecule has 0 heterocycles. The number of carbonyl (C=O) groups is 1. The average Bonchev–Trinajstić information content (AvgIpc) is 2.74. The van der Waals surface area contributed by atoms with Crippen molar-refractivity contribution in [2.45, 2.75) is 40.9 Å². The van der Waals surface area contributed by atoms with Crippen LogP contribution in [0.4, 0.5) is 0 Å². The molecule has 3 aromatic rings. The number of sulfonamides is 3. The van der Waals surface area contributed by atoms with Crippen molar-refractivity contribution in [3.05, 3.63) is 88.0 Å². The van der Waals surface area contributed by atoms with E-state index in [1.165, 1.54) is 54.6 Å². The molecule has 0 fully saturated rings. The quantitative estimate of drug-likeness (QED) is 0.294. The fourth-order valence-electron chi connectivity index (χ4n) is 4.54. The number of hydrogen-bond donors (Lipinski definition) is 4. The van der Waals surface area contributed by atoms with Crippen LogP contribution < -0.4 is 21.2 Å². The van der Waals surface area contributed by atoms with E-state index >= 15 is 0 Å². The van der Waals surface area contributed by atoms with Gasteiger partial charge in [0.15, 0.2) is 0 Å². The molecule has 0 saturated heterocycles. The fourth-order valence-corrected chi connectivity index (χ4v) is 6.33. The van der Waals surface area contributed by atoms with E-state index < -0.39 is 41.4 Å². The Morgan fingerprint density at radius 3 is 0.973 bits per heavy atom. The Hall–Kier alpha value is -3.14. The number of nitrogens with two attached hydrogens (primary N) is 4. The molecule has 1 amide bonds. The van der Waals surface area contributed by atoms with Crippen molar-refractivity contribution in [3.8, 4) is 0 Å². The summed E-state index contributed by atoms with van der Waals surface area (Å²) in [7, 11) is -12.2. The van der Waals surface area contributed by atoms with E-state index in [0.717, 1.165) is 0 Å². The molecule has 37 heavy (non-hydrogen) atoms. The zero-order valence-corrected chi connectivity index (χ0v) is 22.5. The monoisotopic (exact) mass is 566 g/mol. The summed E-state index contributed by atoms with van der Waals surface area (Å²) in [6.07, 6.45) is 0. The van der Waals surface area contributed by atoms with Gasteiger partial charge in [0.1, 0.15) is 5.41 Å². The normalized spacial score (nSPS) is 12.9. The van der Waals surface area contributed by atoms with Crippen LogP contribution in [0.1, 0.15) is 33.4 Å². The van der Waals surface area contributed by atoms with Crippen molar-refractivity contribution in [2.24, 2.45) is 21.2 Å². The van der Waals surface area contributed by atoms with E-state index in [1.807, 2.05) is 0 Å². The minimum Gasteiger partial charge on any atom is -0.368 e. The topological polar surface area (TPSA) is 224 Å². The Bertz CT molecular complexity index is 1570. The number of aryl methyl sites for hydroxylation is 3. The van der Waals surface area contributed by atoms with E-state index in [9.17, 15) is 30.0 Å². The molecule has 0 radical (unpaired) electrons. The molecule has 0 saturated carbocycles. The van der Waals surface area contributed by atoms with Gasteiger partial charge in [-0.3, -0.25) is 4.79 Å². The van der Waals surface area contributed by atoms with Gasteiger partial charge >= 0.3 is 0 Å². The predicted octanol–water partition coefficient (Wildman–Crippen LogP) is 0.374. The highest BCUT2D eigenvalue weighted by Gasteiger charge is 2.45. The highest BCUT2D eigenvalue weighted by atomic mass is 32.2. The predicted molar refractivity (Wildman–Crippen MR) is 137 cm³/mol. The Morgan fingerprint density at radius 2 is 0.811 bits per heavy atom. The average molecular weight is 567 g/mol. The molecule has 8 N–H and O–H groups in total. The second-order valence-electron chi connectivity index (χ2n) is 8.68. The summed E-state index contributed by atoms with van der Waals surface area (Å²) >= 11 is 0. The molecule has 0 atom stereocenters. The van der Waals surface area contributed by atoms with Crippen LogP contribution >= 0.6 is 0 Å². The first-order chi connectivity index (χ1) is 16.8. The highest BCUT2D eigenvalue weighted by Crippen LogP contribution is 2.44. The molecule has 3 rings (SSSR count). The maximum atomic E-state index is 13.5. The van der Waals surface area contributed by atoms with Crippen molar-refractivity contribution in [1.82, 2.24) is 0 Å². The second kappa shape index (κ2) is 9.31. The van der Waals surface area contributed by atoms with Gasteiger partial charge < -0.3 is 5.73 Å². The minimum absolute atomic E-state index is 0.199. The number of carbonyl (C=O) groups excluding carboxylic acids is 1. The molecular formula is C23H26N4O7S3. The van der Waals surface area contributed by atoms with Crippen molar-refractivity contribution in [2.75, 3.05) is 0 Å². The molecule has 0 unspecified atom stereocenters. The summed E-state index contributed by atoms with van der Waals surface area (Å²) in [5.74, 6) is -0.892. The van der Waals surface area contributed by atoms with E-state index in [4.69, 9.17) is 21.2 Å². The Morgan fingerprint density at radius 1 is 0.568 bits per heavy atom. The number of rotatable bonds is 7. The third-order valence-electron chi connectivity index (χ3n) is 6.16. The summed E-state index contributed by atoms with van der Waals surface area (Å²) in [5, 5.41) is 15.8. The number of primary sulfonamides is 3. The molecule has 14 heteroatoms. The largest absolute Gasteiger partial charge is 0.368 e. The first kappa shape index (κ1) is 28.4. The SMILES string of the molecule is Cc1cc(S(N)(=O)=O)ccc1C(C(N)=O)(c1ccc(S(N)(=O)=O)cc1C)c1ccc(S(N)(=O)=O)cc1C. The van der Waals surface area contributed by atoms with Gasteiger partial charge in [0.25, 0.3) is 0 Å². The summed E-state index contributed by atoms with van der Waals surface area (Å²) in [6.45, 7) is 4.68. The molecule has 0 aliphatic carbocycles. The lowest BCUT2D eigenvalue weighted by Crippen LogP contribution is -2.45. The van der Waals surface area contributed by atoms with Crippen LogP contribution in [0.2, 0.25) is 0 Å². The molecule has 11 nitrogen and oxygen atoms in total. The molecule has 0 aliphatic rings. The number of amides is 1. The smallest absolute Gasteiger partial charge is 0.238 e. The lowest BCUT2D eigenvalue weighted by atomic mass is 9.65. The molecule has 0 bridgehead atoms. The third kappa shape index (κ3) is 5.16. The molecule has 3 aromatic carbocycles. The van der Waals surface area contributed by atoms with Crippen molar-refractivity contribution in [3.63, 3.8) is 0 Å². The van der Waals surface area contributed by atoms with Gasteiger partial charge in [-0.05, 0) is 90.6 Å². The standard InChI is InChI=1S/C23H26N4O7S3/c1-13-10-16(35(25,29)30)4-7-19(13)23(22(24)28,20-8-5-17(11-14(20)2)36(26,31)32)21-9-6-18(12-15(21)3)37(27,33)34/h4-12H,1-3H3,(H2,24,28)(H2,25,29,30)(H2,26,31,32)(H2,27,33,34). The summed E-state index contributed by atoms with van der Waals surface area (Å²) in [5.41, 5.74) is 6.05. The van der Waals surface area contributed by atoms with E-state index in [1.54, 1.807) is 20.8 Å². The van der Waals surface area contributed by atoms with Crippen LogP contribution in [0.5, 0.6) is 0 Å². The summed E-state index contributed by atoms with van der Waals surface area (Å²) in [4.78, 5) is 12.9. The Labute approximate surface area is 215 Å². The zero-order chi connectivity index (χ0) is 28.1. The lowest BCUT2D eigenvalue weighted by Gasteiger charge is -2.36. The number of benzene rings is 3. The molecular weight excluding hydrogens is 540 g/mol. The molecule has 0 aliphatic heterocycles. The Kier molecular flexibility index (Phi) is 7.15. The Balaban J connectivity index is 2.55. The lowest BCUT2D eigenvalue weighted by molar-refractivity contribution is -0.121. The molecule has 0 aromatic heterocycles. The maximum absolute atomic E-state index is 13.5. The van der Waals surface area contributed by atoms with Crippen molar-refractivity contribution >= 4 is 36.0 Å². The highest BCUT2D eigenvalue weighted by molar-refractivity contribution is 7.89. The third-order valence-corrected chi connectivity index (χ3v) is 8.89. The van der Waals surface area contributed by atoms with Gasteiger partial charge in [-0.25, -0.2) is 40.7 Å². The summed E-state index contributed by atoms with van der Waals surface area (Å²) in [6, 6.07) is 11.7. The summed E-state index contributed by atoms with van der Waals surface area (Å²) < 4.78 is 71.6. The van der Waals surface area contributed by atoms with Gasteiger partial charge in [0.2, 0.25) is 36.0 Å². The first-order valence-corrected chi connectivity index (χ1v) is 15.2. The van der Waals surface area contributed by atoms with Gasteiger partial charge in [0, 0.05) is 0 Å². The fraction of sp³-hybridized carbons (Fsp3) is 0.174. The number of hydrogen-bond acceptors (Lipinski definition) is 7. The van der Waals surface area contributed by atoms with Gasteiger partial charge in [-0.2, -0.15) is 0 Å². The van der Waals surface area contributed by atoms with Crippen LogP contribution in [0.15, 0.2) is 69.3 Å². The van der Waals surface area contributed by atoms with Crippen LogP contribution in [0.3, 0.4) is 0 Å². The van der Waals surface area contributed by atoms with Crippen LogP contribution in [0, 0.1) is 20.8 Å². The second-order valence-corrected chi connectivity index (χ2v) is 13.4. The van der Waals surface area contributed by atoms with E-state index in [2.05, 4.69) is 0 Å². The van der Waals surface area contributed by atoms with Crippen molar-refractivity contribution in [1.29, 1.82) is 0 Å². The van der Waals surface area contributed by atoms with Crippen LogP contribution in [-0.4, -0.2) is 31.2 Å². The van der Waals surface area contributed by atoms with E-state index in [-0.39, 0.29) is 31.4 Å².